The minimum atomic E-state index is -0.274. The number of hydrogen-bond acceptors (Lipinski definition) is 4. The summed E-state index contributed by atoms with van der Waals surface area (Å²) in [5, 5.41) is 1.02. The summed E-state index contributed by atoms with van der Waals surface area (Å²) >= 11 is 0. The number of fused-ring (bicyclic) bond motifs is 1. The zero-order valence-corrected chi connectivity index (χ0v) is 15.0. The molecule has 0 spiro atoms. The molecule has 134 valence electrons. The molecule has 1 heterocycles. The molecule has 2 saturated carbocycles. The van der Waals surface area contributed by atoms with Gasteiger partial charge in [-0.2, -0.15) is 0 Å². The van der Waals surface area contributed by atoms with Crippen LogP contribution in [0.25, 0.3) is 11.0 Å². The van der Waals surface area contributed by atoms with E-state index in [-0.39, 0.29) is 5.63 Å². The number of ether oxygens (including phenoxy) is 1. The molecule has 0 radical (unpaired) electrons. The smallest absolute Gasteiger partial charge is 0.336 e. The van der Waals surface area contributed by atoms with E-state index < -0.39 is 0 Å². The molecule has 1 aromatic carbocycles. The minimum absolute atomic E-state index is 0.274. The molecule has 0 saturated heterocycles. The molecule has 2 fully saturated rings. The fourth-order valence-electron chi connectivity index (χ4n) is 4.17. The fraction of sp³-hybridized carbons (Fsp3) is 0.571. The van der Waals surface area contributed by atoms with Gasteiger partial charge >= 0.3 is 5.63 Å². The summed E-state index contributed by atoms with van der Waals surface area (Å²) in [6, 6.07) is 8.13. The van der Waals surface area contributed by atoms with E-state index in [1.54, 1.807) is 13.2 Å². The van der Waals surface area contributed by atoms with Crippen LogP contribution < -0.4 is 10.4 Å². The summed E-state index contributed by atoms with van der Waals surface area (Å²) in [4.78, 5) is 14.6. The van der Waals surface area contributed by atoms with Crippen molar-refractivity contribution in [2.75, 3.05) is 13.7 Å². The average molecular weight is 341 g/mol. The van der Waals surface area contributed by atoms with Crippen LogP contribution >= 0.6 is 0 Å². The van der Waals surface area contributed by atoms with Gasteiger partial charge in [0.05, 0.1) is 7.11 Å². The lowest BCUT2D eigenvalue weighted by Crippen LogP contribution is -2.32. The maximum Gasteiger partial charge on any atom is 0.336 e. The highest BCUT2D eigenvalue weighted by Crippen LogP contribution is 2.33. The van der Waals surface area contributed by atoms with E-state index in [4.69, 9.17) is 9.15 Å². The third kappa shape index (κ3) is 3.90. The van der Waals surface area contributed by atoms with Crippen molar-refractivity contribution in [3.8, 4) is 5.75 Å². The van der Waals surface area contributed by atoms with E-state index >= 15 is 0 Å². The molecule has 4 nitrogen and oxygen atoms in total. The Kier molecular flexibility index (Phi) is 4.80. The second-order valence-corrected chi connectivity index (χ2v) is 7.62. The predicted molar refractivity (Wildman–Crippen MR) is 99.0 cm³/mol. The lowest BCUT2D eigenvalue weighted by molar-refractivity contribution is 0.186. The van der Waals surface area contributed by atoms with Gasteiger partial charge in [-0.1, -0.05) is 19.3 Å². The quantitative estimate of drug-likeness (QED) is 0.733. The van der Waals surface area contributed by atoms with Crippen molar-refractivity contribution in [3.63, 3.8) is 0 Å². The van der Waals surface area contributed by atoms with Gasteiger partial charge in [-0.3, -0.25) is 4.90 Å². The van der Waals surface area contributed by atoms with E-state index in [9.17, 15) is 4.79 Å². The van der Waals surface area contributed by atoms with Gasteiger partial charge in [-0.15, -0.1) is 0 Å². The van der Waals surface area contributed by atoms with Gasteiger partial charge in [0, 0.05) is 36.7 Å². The van der Waals surface area contributed by atoms with Gasteiger partial charge in [0.15, 0.2) is 0 Å². The van der Waals surface area contributed by atoms with Crippen LogP contribution in [0.2, 0.25) is 0 Å². The highest BCUT2D eigenvalue weighted by molar-refractivity contribution is 5.81. The van der Waals surface area contributed by atoms with E-state index in [0.717, 1.165) is 23.4 Å². The number of hydrogen-bond donors (Lipinski definition) is 0. The van der Waals surface area contributed by atoms with Crippen LogP contribution in [0.1, 0.15) is 50.5 Å². The van der Waals surface area contributed by atoms with E-state index in [1.165, 1.54) is 51.5 Å². The van der Waals surface area contributed by atoms with Crippen LogP contribution in [0.4, 0.5) is 0 Å². The van der Waals surface area contributed by atoms with Crippen molar-refractivity contribution in [2.24, 2.45) is 5.92 Å². The van der Waals surface area contributed by atoms with Crippen LogP contribution in [-0.2, 0) is 6.54 Å². The SMILES string of the molecule is COc1ccc2c(CN(CC3CCCCC3)C3CC3)cc(=O)oc2c1. The zero-order valence-electron chi connectivity index (χ0n) is 15.0. The van der Waals surface area contributed by atoms with Crippen molar-refractivity contribution >= 4 is 11.0 Å². The lowest BCUT2D eigenvalue weighted by atomic mass is 9.89. The first-order valence-corrected chi connectivity index (χ1v) is 9.58. The first-order valence-electron chi connectivity index (χ1n) is 9.58. The lowest BCUT2D eigenvalue weighted by Gasteiger charge is -2.30. The standard InChI is InChI=1S/C21H27NO3/c1-24-18-9-10-19-16(11-21(23)25-20(19)12-18)14-22(17-7-8-17)13-15-5-3-2-4-6-15/h9-12,15,17H,2-8,13-14H2,1H3. The van der Waals surface area contributed by atoms with Crippen LogP contribution in [0.3, 0.4) is 0 Å². The fourth-order valence-corrected chi connectivity index (χ4v) is 4.17. The van der Waals surface area contributed by atoms with Gasteiger partial charge in [0.25, 0.3) is 0 Å². The maximum absolute atomic E-state index is 12.0. The Morgan fingerprint density at radius 2 is 1.92 bits per heavy atom. The summed E-state index contributed by atoms with van der Waals surface area (Å²) in [7, 11) is 1.63. The van der Waals surface area contributed by atoms with Crippen molar-refractivity contribution in [1.29, 1.82) is 0 Å². The highest BCUT2D eigenvalue weighted by Gasteiger charge is 2.31. The van der Waals surface area contributed by atoms with E-state index in [0.29, 0.717) is 17.4 Å². The predicted octanol–water partition coefficient (Wildman–Crippen LogP) is 4.35. The van der Waals surface area contributed by atoms with Crippen LogP contribution in [0, 0.1) is 5.92 Å². The molecule has 0 aliphatic heterocycles. The van der Waals surface area contributed by atoms with Crippen molar-refractivity contribution < 1.29 is 9.15 Å². The molecule has 1 aromatic heterocycles. The normalized spacial score (nSPS) is 18.8. The molecule has 0 amide bonds. The Morgan fingerprint density at radius 3 is 2.64 bits per heavy atom. The molecular weight excluding hydrogens is 314 g/mol. The summed E-state index contributed by atoms with van der Waals surface area (Å²) in [5.74, 6) is 1.54. The van der Waals surface area contributed by atoms with Gasteiger partial charge in [0.2, 0.25) is 0 Å². The zero-order chi connectivity index (χ0) is 17.2. The molecule has 2 aliphatic carbocycles. The Balaban J connectivity index is 1.60. The summed E-state index contributed by atoms with van der Waals surface area (Å²) in [6.45, 7) is 2.01. The molecule has 0 atom stereocenters. The number of rotatable bonds is 6. The van der Waals surface area contributed by atoms with Gasteiger partial charge in [0.1, 0.15) is 11.3 Å². The highest BCUT2D eigenvalue weighted by atomic mass is 16.5. The molecule has 0 unspecified atom stereocenters. The average Bonchev–Trinajstić information content (AvgIpc) is 3.46. The van der Waals surface area contributed by atoms with Gasteiger partial charge in [-0.25, -0.2) is 4.79 Å². The van der Waals surface area contributed by atoms with Crippen LogP contribution in [-0.4, -0.2) is 24.6 Å². The molecule has 4 rings (SSSR count). The first-order chi connectivity index (χ1) is 12.2. The summed E-state index contributed by atoms with van der Waals surface area (Å²) < 4.78 is 10.7. The molecule has 25 heavy (non-hydrogen) atoms. The number of methoxy groups -OCH3 is 1. The number of benzene rings is 1. The second kappa shape index (κ2) is 7.20. The minimum Gasteiger partial charge on any atom is -0.497 e. The van der Waals surface area contributed by atoms with Crippen molar-refractivity contribution in [2.45, 2.75) is 57.5 Å². The maximum atomic E-state index is 12.0. The van der Waals surface area contributed by atoms with Crippen LogP contribution in [0.15, 0.2) is 33.5 Å². The Hall–Kier alpha value is -1.81. The monoisotopic (exact) mass is 341 g/mol. The molecule has 4 heteroatoms. The molecular formula is C21H27NO3. The van der Waals surface area contributed by atoms with Crippen molar-refractivity contribution in [1.82, 2.24) is 4.90 Å². The van der Waals surface area contributed by atoms with E-state index in [1.807, 2.05) is 18.2 Å². The largest absolute Gasteiger partial charge is 0.497 e. The summed E-state index contributed by atoms with van der Waals surface area (Å²) in [5.41, 5.74) is 1.43. The van der Waals surface area contributed by atoms with Gasteiger partial charge < -0.3 is 9.15 Å². The Bertz CT molecular complexity index is 787. The summed E-state index contributed by atoms with van der Waals surface area (Å²) in [6.07, 6.45) is 9.45. The first kappa shape index (κ1) is 16.6. The molecule has 2 aliphatic rings. The molecule has 0 N–H and O–H groups in total. The molecule has 2 aromatic rings. The van der Waals surface area contributed by atoms with Crippen molar-refractivity contribution in [3.05, 3.63) is 40.2 Å². The van der Waals surface area contributed by atoms with Gasteiger partial charge in [-0.05, 0) is 49.3 Å². The second-order valence-electron chi connectivity index (χ2n) is 7.62. The van der Waals surface area contributed by atoms with E-state index in [2.05, 4.69) is 4.90 Å². The Labute approximate surface area is 148 Å². The Morgan fingerprint density at radius 1 is 1.12 bits per heavy atom. The topological polar surface area (TPSA) is 42.7 Å². The third-order valence-electron chi connectivity index (χ3n) is 5.69. The molecule has 0 bridgehead atoms. The third-order valence-corrected chi connectivity index (χ3v) is 5.69. The number of nitrogens with zero attached hydrogens (tertiary/aromatic N) is 1. The van der Waals surface area contributed by atoms with Crippen LogP contribution in [0.5, 0.6) is 5.75 Å².